The highest BCUT2D eigenvalue weighted by molar-refractivity contribution is 5.93. The van der Waals surface area contributed by atoms with Gasteiger partial charge in [0.1, 0.15) is 5.70 Å². The molecule has 76 valence electrons. The average Bonchev–Trinajstić information content (AvgIpc) is 2.47. The Balaban J connectivity index is 0.000000671. The van der Waals surface area contributed by atoms with Crippen molar-refractivity contribution in [1.29, 1.82) is 0 Å². The first-order chi connectivity index (χ1) is 6.15. The molecule has 3 N–H and O–H groups in total. The number of carbonyl (C=O) groups excluding carboxylic acids is 1. The Morgan fingerprint density at radius 1 is 1.38 bits per heavy atom. The summed E-state index contributed by atoms with van der Waals surface area (Å²) in [5, 5.41) is 8.66. The number of carbonyl (C=O) groups is 1. The lowest BCUT2D eigenvalue weighted by Crippen LogP contribution is -2.33. The van der Waals surface area contributed by atoms with Crippen LogP contribution in [0.3, 0.4) is 0 Å². The monoisotopic (exact) mass is 185 g/mol. The molecule has 1 unspecified atom stereocenters. The summed E-state index contributed by atoms with van der Waals surface area (Å²) in [5.74, 6) is -0.0700. The summed E-state index contributed by atoms with van der Waals surface area (Å²) in [7, 11) is 1.62. The van der Waals surface area contributed by atoms with Crippen molar-refractivity contribution in [3.05, 3.63) is 11.4 Å². The number of rotatable bonds is 1. The third-order valence-corrected chi connectivity index (χ3v) is 1.62. The molecule has 0 aromatic heterocycles. The van der Waals surface area contributed by atoms with E-state index in [0.29, 0.717) is 5.70 Å². The molecule has 1 aliphatic rings. The van der Waals surface area contributed by atoms with E-state index in [1.807, 2.05) is 27.7 Å². The van der Waals surface area contributed by atoms with Crippen molar-refractivity contribution in [2.75, 3.05) is 7.05 Å². The van der Waals surface area contributed by atoms with Gasteiger partial charge in [-0.2, -0.15) is 0 Å². The summed E-state index contributed by atoms with van der Waals surface area (Å²) in [6.07, 6.45) is 0.155. The third-order valence-electron chi connectivity index (χ3n) is 1.62. The average molecular weight is 185 g/mol. The maximum Gasteiger partial charge on any atom is 0.268 e. The summed E-state index contributed by atoms with van der Waals surface area (Å²) < 4.78 is 0. The molecule has 1 heterocycles. The molecule has 0 spiro atoms. The summed E-state index contributed by atoms with van der Waals surface area (Å²) in [4.78, 5) is 11.1. The summed E-state index contributed by atoms with van der Waals surface area (Å²) in [6, 6.07) is 0. The fraction of sp³-hybridized carbons (Fsp3) is 0.667. The van der Waals surface area contributed by atoms with E-state index in [-0.39, 0.29) is 12.1 Å². The van der Waals surface area contributed by atoms with E-state index in [1.165, 1.54) is 0 Å². The standard InChI is InChI=1S/C7H13N3O.C2H6/c1-4-6(7(11)8-3)10-5(2)9-4;1-2/h5,9-10H,1-3H3,(H,8,11);1-2H3. The van der Waals surface area contributed by atoms with E-state index in [0.717, 1.165) is 5.70 Å². The van der Waals surface area contributed by atoms with Gasteiger partial charge in [-0.05, 0) is 13.8 Å². The van der Waals surface area contributed by atoms with Gasteiger partial charge < -0.3 is 16.0 Å². The molecule has 0 radical (unpaired) electrons. The third kappa shape index (κ3) is 2.97. The molecule has 0 saturated heterocycles. The van der Waals surface area contributed by atoms with E-state index in [4.69, 9.17) is 0 Å². The summed E-state index contributed by atoms with van der Waals surface area (Å²) in [5.41, 5.74) is 1.54. The quantitative estimate of drug-likeness (QED) is 0.558. The van der Waals surface area contributed by atoms with Gasteiger partial charge in [0.25, 0.3) is 5.91 Å². The minimum atomic E-state index is -0.0700. The Kier molecular flexibility index (Phi) is 4.96. The highest BCUT2D eigenvalue weighted by Gasteiger charge is 2.20. The lowest BCUT2D eigenvalue weighted by molar-refractivity contribution is -0.117. The lowest BCUT2D eigenvalue weighted by atomic mass is 10.3. The van der Waals surface area contributed by atoms with Gasteiger partial charge in [0.2, 0.25) is 0 Å². The Labute approximate surface area is 79.8 Å². The second-order valence-electron chi connectivity index (χ2n) is 2.59. The molecule has 0 aromatic carbocycles. The predicted octanol–water partition coefficient (Wildman–Crippen LogP) is 0.529. The molecule has 0 saturated carbocycles. The molecule has 1 atom stereocenters. The van der Waals surface area contributed by atoms with Crippen LogP contribution in [0, 0.1) is 0 Å². The highest BCUT2D eigenvalue weighted by Crippen LogP contribution is 2.05. The van der Waals surface area contributed by atoms with Crippen LogP contribution >= 0.6 is 0 Å². The molecule has 13 heavy (non-hydrogen) atoms. The minimum Gasteiger partial charge on any atom is -0.367 e. The first kappa shape index (κ1) is 11.8. The van der Waals surface area contributed by atoms with E-state index >= 15 is 0 Å². The van der Waals surface area contributed by atoms with E-state index in [9.17, 15) is 4.79 Å². The van der Waals surface area contributed by atoms with Gasteiger partial charge >= 0.3 is 0 Å². The lowest BCUT2D eigenvalue weighted by Gasteiger charge is -2.05. The van der Waals surface area contributed by atoms with E-state index in [2.05, 4.69) is 16.0 Å². The fourth-order valence-corrected chi connectivity index (χ4v) is 1.12. The zero-order chi connectivity index (χ0) is 10.4. The topological polar surface area (TPSA) is 53.2 Å². The molecule has 1 aliphatic heterocycles. The maximum absolute atomic E-state index is 11.1. The zero-order valence-corrected chi connectivity index (χ0v) is 8.99. The SMILES string of the molecule is CC.CNC(=O)C1=C(C)NC(C)N1. The van der Waals surface area contributed by atoms with Crippen molar-refractivity contribution < 1.29 is 4.79 Å². The molecule has 1 amide bonds. The second-order valence-corrected chi connectivity index (χ2v) is 2.59. The van der Waals surface area contributed by atoms with Gasteiger partial charge in [0, 0.05) is 12.7 Å². The van der Waals surface area contributed by atoms with E-state index in [1.54, 1.807) is 7.05 Å². The van der Waals surface area contributed by atoms with Crippen LogP contribution in [0.5, 0.6) is 0 Å². The number of amides is 1. The maximum atomic E-state index is 11.1. The molecule has 4 heteroatoms. The van der Waals surface area contributed by atoms with Crippen LogP contribution in [-0.2, 0) is 4.79 Å². The Morgan fingerprint density at radius 3 is 2.23 bits per heavy atom. The number of nitrogens with one attached hydrogen (secondary N) is 3. The smallest absolute Gasteiger partial charge is 0.268 e. The second kappa shape index (κ2) is 5.45. The molecular weight excluding hydrogens is 166 g/mol. The Hall–Kier alpha value is -1.19. The predicted molar refractivity (Wildman–Crippen MR) is 53.8 cm³/mol. The van der Waals surface area contributed by atoms with Crippen molar-refractivity contribution in [3.8, 4) is 0 Å². The largest absolute Gasteiger partial charge is 0.367 e. The van der Waals surface area contributed by atoms with Gasteiger partial charge in [-0.3, -0.25) is 4.79 Å². The number of likely N-dealkylation sites (N-methyl/N-ethyl adjacent to an activating group) is 1. The van der Waals surface area contributed by atoms with Gasteiger partial charge in [0.05, 0.1) is 6.17 Å². The van der Waals surface area contributed by atoms with Gasteiger partial charge in [-0.25, -0.2) is 0 Å². The van der Waals surface area contributed by atoms with Crippen molar-refractivity contribution in [3.63, 3.8) is 0 Å². The van der Waals surface area contributed by atoms with Crippen LogP contribution in [0.1, 0.15) is 27.7 Å². The molecule has 1 rings (SSSR count). The number of hydrogen-bond acceptors (Lipinski definition) is 3. The summed E-state index contributed by atoms with van der Waals surface area (Å²) >= 11 is 0. The number of hydrogen-bond donors (Lipinski definition) is 3. The first-order valence-corrected chi connectivity index (χ1v) is 4.61. The molecule has 0 fully saturated rings. The van der Waals surface area contributed by atoms with Crippen molar-refractivity contribution in [2.45, 2.75) is 33.9 Å². The van der Waals surface area contributed by atoms with Crippen molar-refractivity contribution in [1.82, 2.24) is 16.0 Å². The van der Waals surface area contributed by atoms with Crippen molar-refractivity contribution in [2.24, 2.45) is 0 Å². The normalized spacial score (nSPS) is 19.6. The highest BCUT2D eigenvalue weighted by atomic mass is 16.2. The Bertz CT molecular complexity index is 211. The fourth-order valence-electron chi connectivity index (χ4n) is 1.12. The molecule has 0 bridgehead atoms. The van der Waals surface area contributed by atoms with Crippen LogP contribution in [0.2, 0.25) is 0 Å². The Morgan fingerprint density at radius 2 is 1.92 bits per heavy atom. The minimum absolute atomic E-state index is 0.0700. The van der Waals surface area contributed by atoms with Gasteiger partial charge in [-0.1, -0.05) is 13.8 Å². The van der Waals surface area contributed by atoms with Crippen LogP contribution in [0.4, 0.5) is 0 Å². The van der Waals surface area contributed by atoms with Crippen LogP contribution < -0.4 is 16.0 Å². The van der Waals surface area contributed by atoms with Crippen LogP contribution in [-0.4, -0.2) is 19.1 Å². The molecule has 0 aromatic rings. The zero-order valence-electron chi connectivity index (χ0n) is 8.99. The van der Waals surface area contributed by atoms with E-state index < -0.39 is 0 Å². The first-order valence-electron chi connectivity index (χ1n) is 4.61. The molecule has 4 nitrogen and oxygen atoms in total. The molecule has 0 aliphatic carbocycles. The molecular formula is C9H19N3O. The van der Waals surface area contributed by atoms with Crippen molar-refractivity contribution >= 4 is 5.91 Å². The van der Waals surface area contributed by atoms with Crippen LogP contribution in [0.15, 0.2) is 11.4 Å². The van der Waals surface area contributed by atoms with Gasteiger partial charge in [0.15, 0.2) is 0 Å². The summed E-state index contributed by atoms with van der Waals surface area (Å²) in [6.45, 7) is 7.83. The van der Waals surface area contributed by atoms with Crippen LogP contribution in [0.25, 0.3) is 0 Å². The number of allylic oxidation sites excluding steroid dienone is 1. The van der Waals surface area contributed by atoms with Gasteiger partial charge in [-0.15, -0.1) is 0 Å².